The van der Waals surface area contributed by atoms with Gasteiger partial charge >= 0.3 is 5.69 Å². The normalized spacial score (nSPS) is 9.94. The van der Waals surface area contributed by atoms with E-state index in [9.17, 15) is 10.1 Å². The van der Waals surface area contributed by atoms with Gasteiger partial charge in [0.15, 0.2) is 0 Å². The summed E-state index contributed by atoms with van der Waals surface area (Å²) < 4.78 is 11.1. The standard InChI is InChI=1S/C10H12BrNO4/c1-3-15-8-5-7(11)6-9(16-4-2)10(8)12(13)14/h5-6H,3-4H2,1-2H3. The molecule has 0 radical (unpaired) electrons. The molecule has 1 aromatic rings. The van der Waals surface area contributed by atoms with Crippen LogP contribution in [-0.4, -0.2) is 18.1 Å². The maximum absolute atomic E-state index is 10.9. The molecule has 0 aliphatic rings. The zero-order valence-electron chi connectivity index (χ0n) is 9.03. The fourth-order valence-corrected chi connectivity index (χ4v) is 1.68. The smallest absolute Gasteiger partial charge is 0.352 e. The van der Waals surface area contributed by atoms with Crippen molar-refractivity contribution in [2.75, 3.05) is 13.2 Å². The van der Waals surface area contributed by atoms with Gasteiger partial charge in [-0.1, -0.05) is 15.9 Å². The molecule has 88 valence electrons. The van der Waals surface area contributed by atoms with E-state index < -0.39 is 4.92 Å². The Balaban J connectivity index is 3.29. The average Bonchev–Trinajstić information content (AvgIpc) is 2.17. The van der Waals surface area contributed by atoms with Gasteiger partial charge in [0, 0.05) is 16.6 Å². The number of rotatable bonds is 5. The van der Waals surface area contributed by atoms with Gasteiger partial charge in [-0.05, 0) is 13.8 Å². The Morgan fingerprint density at radius 2 is 1.69 bits per heavy atom. The predicted molar refractivity (Wildman–Crippen MR) is 63.1 cm³/mol. The van der Waals surface area contributed by atoms with Gasteiger partial charge in [0.25, 0.3) is 0 Å². The zero-order chi connectivity index (χ0) is 12.1. The van der Waals surface area contributed by atoms with Gasteiger partial charge < -0.3 is 9.47 Å². The Morgan fingerprint density at radius 3 is 2.00 bits per heavy atom. The monoisotopic (exact) mass is 289 g/mol. The first-order chi connectivity index (χ1) is 7.60. The maximum atomic E-state index is 10.9. The summed E-state index contributed by atoms with van der Waals surface area (Å²) >= 11 is 3.25. The summed E-state index contributed by atoms with van der Waals surface area (Å²) in [7, 11) is 0. The Bertz CT molecular complexity index is 367. The summed E-state index contributed by atoms with van der Waals surface area (Å²) in [4.78, 5) is 10.4. The Hall–Kier alpha value is -1.30. The van der Waals surface area contributed by atoms with Crippen molar-refractivity contribution in [3.63, 3.8) is 0 Å². The molecule has 0 heterocycles. The van der Waals surface area contributed by atoms with Gasteiger partial charge in [0.1, 0.15) is 0 Å². The predicted octanol–water partition coefficient (Wildman–Crippen LogP) is 3.15. The van der Waals surface area contributed by atoms with Crippen molar-refractivity contribution in [1.82, 2.24) is 0 Å². The van der Waals surface area contributed by atoms with Gasteiger partial charge in [-0.3, -0.25) is 10.1 Å². The van der Waals surface area contributed by atoms with Crippen molar-refractivity contribution in [2.24, 2.45) is 0 Å². The van der Waals surface area contributed by atoms with Crippen molar-refractivity contribution in [3.8, 4) is 11.5 Å². The van der Waals surface area contributed by atoms with E-state index in [0.29, 0.717) is 17.7 Å². The second kappa shape index (κ2) is 5.69. The highest BCUT2D eigenvalue weighted by molar-refractivity contribution is 9.10. The van der Waals surface area contributed by atoms with Crippen LogP contribution >= 0.6 is 15.9 Å². The van der Waals surface area contributed by atoms with Crippen LogP contribution in [0.25, 0.3) is 0 Å². The van der Waals surface area contributed by atoms with Gasteiger partial charge in [0.2, 0.25) is 11.5 Å². The molecule has 1 rings (SSSR count). The minimum atomic E-state index is -0.498. The fourth-order valence-electron chi connectivity index (χ4n) is 1.26. The summed E-state index contributed by atoms with van der Waals surface area (Å²) in [5.74, 6) is 0.427. The zero-order valence-corrected chi connectivity index (χ0v) is 10.6. The number of ether oxygens (including phenoxy) is 2. The first-order valence-electron chi connectivity index (χ1n) is 4.83. The lowest BCUT2D eigenvalue weighted by Crippen LogP contribution is -2.02. The van der Waals surface area contributed by atoms with E-state index in [4.69, 9.17) is 9.47 Å². The molecule has 0 aromatic heterocycles. The highest BCUT2D eigenvalue weighted by Crippen LogP contribution is 2.39. The van der Waals surface area contributed by atoms with E-state index in [1.165, 1.54) is 0 Å². The van der Waals surface area contributed by atoms with E-state index in [2.05, 4.69) is 15.9 Å². The number of nitrogens with zero attached hydrogens (tertiary/aromatic N) is 1. The molecule has 0 amide bonds. The van der Waals surface area contributed by atoms with Crippen molar-refractivity contribution < 1.29 is 14.4 Å². The first-order valence-corrected chi connectivity index (χ1v) is 5.63. The SMILES string of the molecule is CCOc1cc(Br)cc(OCC)c1[N+](=O)[O-]. The number of hydrogen-bond acceptors (Lipinski definition) is 4. The third-order valence-electron chi connectivity index (χ3n) is 1.79. The molecular formula is C10H12BrNO4. The lowest BCUT2D eigenvalue weighted by molar-refractivity contribution is -0.386. The highest BCUT2D eigenvalue weighted by Gasteiger charge is 2.23. The molecule has 5 nitrogen and oxygen atoms in total. The van der Waals surface area contributed by atoms with Crippen molar-refractivity contribution in [1.29, 1.82) is 0 Å². The number of hydrogen-bond donors (Lipinski definition) is 0. The Morgan fingerprint density at radius 1 is 1.25 bits per heavy atom. The number of halogens is 1. The number of benzene rings is 1. The molecule has 0 fully saturated rings. The van der Waals surface area contributed by atoms with E-state index in [1.807, 2.05) is 0 Å². The lowest BCUT2D eigenvalue weighted by atomic mass is 10.2. The first kappa shape index (κ1) is 12.8. The van der Waals surface area contributed by atoms with Crippen molar-refractivity contribution in [3.05, 3.63) is 26.7 Å². The van der Waals surface area contributed by atoms with Gasteiger partial charge in [-0.2, -0.15) is 0 Å². The highest BCUT2D eigenvalue weighted by atomic mass is 79.9. The molecule has 6 heteroatoms. The van der Waals surface area contributed by atoms with Gasteiger partial charge in [0.05, 0.1) is 18.1 Å². The molecule has 0 aliphatic carbocycles. The quantitative estimate of drug-likeness (QED) is 0.617. The number of nitro benzene ring substituents is 1. The maximum Gasteiger partial charge on any atom is 0.352 e. The molecule has 16 heavy (non-hydrogen) atoms. The minimum Gasteiger partial charge on any atom is -0.487 e. The van der Waals surface area contributed by atoms with Crippen LogP contribution in [-0.2, 0) is 0 Å². The lowest BCUT2D eigenvalue weighted by Gasteiger charge is -2.09. The number of nitro groups is 1. The molecule has 0 unspecified atom stereocenters. The van der Waals surface area contributed by atoms with Crippen molar-refractivity contribution >= 4 is 21.6 Å². The summed E-state index contributed by atoms with van der Waals surface area (Å²) in [5.41, 5.74) is -0.132. The summed E-state index contributed by atoms with van der Waals surface area (Å²) in [6, 6.07) is 3.12. The topological polar surface area (TPSA) is 61.6 Å². The van der Waals surface area contributed by atoms with Crippen LogP contribution in [0.2, 0.25) is 0 Å². The van der Waals surface area contributed by atoms with Crippen LogP contribution in [0.15, 0.2) is 16.6 Å². The summed E-state index contributed by atoms with van der Waals surface area (Å²) in [6.45, 7) is 4.27. The molecule has 1 aromatic carbocycles. The second-order valence-corrected chi connectivity index (χ2v) is 3.79. The molecule has 0 aliphatic heterocycles. The molecule has 0 spiro atoms. The Labute approximate surface area is 102 Å². The van der Waals surface area contributed by atoms with E-state index in [0.717, 1.165) is 0 Å². The molecule has 0 atom stereocenters. The van der Waals surface area contributed by atoms with Crippen molar-refractivity contribution in [2.45, 2.75) is 13.8 Å². The van der Waals surface area contributed by atoms with E-state index >= 15 is 0 Å². The summed E-state index contributed by atoms with van der Waals surface area (Å²) in [6.07, 6.45) is 0. The molecule has 0 bridgehead atoms. The molecule has 0 saturated heterocycles. The largest absolute Gasteiger partial charge is 0.487 e. The fraction of sp³-hybridized carbons (Fsp3) is 0.400. The van der Waals surface area contributed by atoms with Crippen LogP contribution in [0, 0.1) is 10.1 Å². The van der Waals surface area contributed by atoms with Crippen LogP contribution in [0.3, 0.4) is 0 Å². The molecule has 0 N–H and O–H groups in total. The van der Waals surface area contributed by atoms with Gasteiger partial charge in [-0.15, -0.1) is 0 Å². The third-order valence-corrected chi connectivity index (χ3v) is 2.24. The summed E-state index contributed by atoms with van der Waals surface area (Å²) in [5, 5.41) is 10.9. The van der Waals surface area contributed by atoms with Gasteiger partial charge in [-0.25, -0.2) is 0 Å². The van der Waals surface area contributed by atoms with Crippen LogP contribution in [0.4, 0.5) is 5.69 Å². The van der Waals surface area contributed by atoms with Crippen LogP contribution < -0.4 is 9.47 Å². The average molecular weight is 290 g/mol. The van der Waals surface area contributed by atoms with Crippen LogP contribution in [0.5, 0.6) is 11.5 Å². The second-order valence-electron chi connectivity index (χ2n) is 2.87. The minimum absolute atomic E-state index is 0.132. The van der Waals surface area contributed by atoms with E-state index in [1.54, 1.807) is 26.0 Å². The third kappa shape index (κ3) is 2.85. The Kier molecular flexibility index (Phi) is 4.54. The molecule has 0 saturated carbocycles. The van der Waals surface area contributed by atoms with E-state index in [-0.39, 0.29) is 17.2 Å². The van der Waals surface area contributed by atoms with Crippen LogP contribution in [0.1, 0.15) is 13.8 Å². The molecular weight excluding hydrogens is 278 g/mol.